The Balaban J connectivity index is 1.07. The number of rotatable bonds is 8. The first kappa shape index (κ1) is 24.0. The maximum atomic E-state index is 12.8. The van der Waals surface area contributed by atoms with Gasteiger partial charge in [0.2, 0.25) is 17.6 Å². The monoisotopic (exact) mass is 493 g/mol. The molecule has 2 saturated heterocycles. The van der Waals surface area contributed by atoms with Crippen molar-refractivity contribution in [2.24, 2.45) is 5.92 Å². The van der Waals surface area contributed by atoms with Gasteiger partial charge in [0.25, 0.3) is 0 Å². The maximum Gasteiger partial charge on any atom is 0.241 e. The van der Waals surface area contributed by atoms with Crippen LogP contribution in [0.4, 0.5) is 0 Å². The van der Waals surface area contributed by atoms with Gasteiger partial charge >= 0.3 is 0 Å². The van der Waals surface area contributed by atoms with Crippen molar-refractivity contribution >= 4 is 17.5 Å². The summed E-state index contributed by atoms with van der Waals surface area (Å²) in [5.74, 6) is 1.26. The third-order valence-corrected chi connectivity index (χ3v) is 7.29. The molecule has 2 aliphatic heterocycles. The molecule has 3 aromatic rings. The highest BCUT2D eigenvalue weighted by Gasteiger charge is 2.26. The zero-order valence-corrected chi connectivity index (χ0v) is 20.7. The topological polar surface area (TPSA) is 74.5 Å². The van der Waals surface area contributed by atoms with Crippen molar-refractivity contribution in [3.8, 4) is 11.4 Å². The zero-order chi connectivity index (χ0) is 24.0. The van der Waals surface area contributed by atoms with E-state index in [2.05, 4.69) is 49.5 Å². The molecular weight excluding hydrogens is 462 g/mol. The smallest absolute Gasteiger partial charge is 0.241 e. The van der Waals surface area contributed by atoms with Crippen molar-refractivity contribution in [2.45, 2.75) is 45.3 Å². The number of hydrogen-bond donors (Lipinski definition) is 1. The normalized spacial score (nSPS) is 17.6. The van der Waals surface area contributed by atoms with E-state index in [0.29, 0.717) is 29.8 Å². The first-order valence-corrected chi connectivity index (χ1v) is 12.9. The molecule has 0 atom stereocenters. The number of aromatic nitrogens is 2. The number of nitrogens with zero attached hydrogens (tertiary/aromatic N) is 4. The third-order valence-electron chi connectivity index (χ3n) is 6.96. The van der Waals surface area contributed by atoms with Crippen molar-refractivity contribution in [3.63, 3.8) is 0 Å². The second-order valence-electron chi connectivity index (χ2n) is 9.56. The van der Waals surface area contributed by atoms with Crippen LogP contribution in [0.15, 0.2) is 53.1 Å². The molecule has 8 heteroatoms. The molecule has 0 radical (unpaired) electrons. The summed E-state index contributed by atoms with van der Waals surface area (Å²) in [4.78, 5) is 22.1. The van der Waals surface area contributed by atoms with E-state index in [9.17, 15) is 4.79 Å². The minimum atomic E-state index is 0.0420. The summed E-state index contributed by atoms with van der Waals surface area (Å²) in [5, 5.41) is 7.84. The molecule has 0 bridgehead atoms. The summed E-state index contributed by atoms with van der Waals surface area (Å²) < 4.78 is 5.45. The number of hydrogen-bond acceptors (Lipinski definition) is 6. The largest absolute Gasteiger partial charge is 0.352 e. The second kappa shape index (κ2) is 11.3. The fourth-order valence-corrected chi connectivity index (χ4v) is 5.21. The highest BCUT2D eigenvalue weighted by atomic mass is 35.5. The van der Waals surface area contributed by atoms with E-state index in [0.717, 1.165) is 38.0 Å². The summed E-state index contributed by atoms with van der Waals surface area (Å²) in [7, 11) is 0. The maximum absolute atomic E-state index is 12.8. The fourth-order valence-electron chi connectivity index (χ4n) is 4.99. The summed E-state index contributed by atoms with van der Waals surface area (Å²) in [6.45, 7) is 6.19. The molecule has 5 rings (SSSR count). The van der Waals surface area contributed by atoms with Gasteiger partial charge in [-0.1, -0.05) is 53.2 Å². The average molecular weight is 494 g/mol. The molecule has 0 spiro atoms. The molecule has 0 aliphatic carbocycles. The summed E-state index contributed by atoms with van der Waals surface area (Å²) >= 11 is 6.24. The van der Waals surface area contributed by atoms with Crippen LogP contribution in [0.5, 0.6) is 0 Å². The van der Waals surface area contributed by atoms with Crippen LogP contribution in [0.3, 0.4) is 0 Å². The minimum Gasteiger partial charge on any atom is -0.352 e. The van der Waals surface area contributed by atoms with E-state index in [1.165, 1.54) is 37.1 Å². The lowest BCUT2D eigenvalue weighted by Crippen LogP contribution is -2.40. The van der Waals surface area contributed by atoms with Crippen LogP contribution in [-0.4, -0.2) is 52.0 Å². The minimum absolute atomic E-state index is 0.0420. The molecule has 2 fully saturated rings. The van der Waals surface area contributed by atoms with Gasteiger partial charge in [-0.15, -0.1) is 0 Å². The third kappa shape index (κ3) is 6.28. The van der Waals surface area contributed by atoms with Crippen LogP contribution in [0.2, 0.25) is 5.02 Å². The Labute approximate surface area is 211 Å². The van der Waals surface area contributed by atoms with Crippen LogP contribution in [0.1, 0.15) is 42.7 Å². The van der Waals surface area contributed by atoms with Crippen molar-refractivity contribution in [3.05, 3.63) is 70.6 Å². The molecule has 2 aliphatic rings. The number of carbonyl (C=O) groups excluding carboxylic acids is 1. The molecule has 3 heterocycles. The van der Waals surface area contributed by atoms with Gasteiger partial charge in [-0.3, -0.25) is 14.6 Å². The number of piperidine rings is 1. The lowest BCUT2D eigenvalue weighted by atomic mass is 9.96. The second-order valence-corrected chi connectivity index (χ2v) is 9.97. The van der Waals surface area contributed by atoms with Crippen molar-refractivity contribution < 1.29 is 9.32 Å². The standard InChI is InChI=1S/C27H32ClN5O2/c28-24-9-2-1-8-23(24)26-30-25(35-31-26)19-33-14-10-22(11-15-33)27(34)29-17-20-6-5-7-21(16-20)18-32-12-3-4-13-32/h1-2,5-9,16,22H,3-4,10-15,17-19H2,(H,29,34). The highest BCUT2D eigenvalue weighted by Crippen LogP contribution is 2.26. The van der Waals surface area contributed by atoms with Crippen LogP contribution < -0.4 is 5.32 Å². The average Bonchev–Trinajstić information content (AvgIpc) is 3.56. The van der Waals surface area contributed by atoms with Crippen LogP contribution in [-0.2, 0) is 24.4 Å². The first-order valence-electron chi connectivity index (χ1n) is 12.5. The predicted molar refractivity (Wildman–Crippen MR) is 136 cm³/mol. The van der Waals surface area contributed by atoms with E-state index in [1.807, 2.05) is 24.3 Å². The molecule has 1 aromatic heterocycles. The lowest BCUT2D eigenvalue weighted by molar-refractivity contribution is -0.126. The molecule has 0 saturated carbocycles. The van der Waals surface area contributed by atoms with Crippen molar-refractivity contribution in [1.29, 1.82) is 0 Å². The van der Waals surface area contributed by atoms with Crippen molar-refractivity contribution in [2.75, 3.05) is 26.2 Å². The molecule has 184 valence electrons. The van der Waals surface area contributed by atoms with Gasteiger partial charge in [-0.25, -0.2) is 0 Å². The molecule has 1 amide bonds. The van der Waals surface area contributed by atoms with Crippen LogP contribution in [0, 0.1) is 5.92 Å². The fraction of sp³-hybridized carbons (Fsp3) is 0.444. The van der Waals surface area contributed by atoms with Gasteiger partial charge in [0.1, 0.15) is 0 Å². The van der Waals surface area contributed by atoms with E-state index < -0.39 is 0 Å². The lowest BCUT2D eigenvalue weighted by Gasteiger charge is -2.30. The van der Waals surface area contributed by atoms with Gasteiger partial charge in [-0.2, -0.15) is 4.98 Å². The number of nitrogens with one attached hydrogen (secondary N) is 1. The Kier molecular flexibility index (Phi) is 7.76. The SMILES string of the molecule is O=C(NCc1cccc(CN2CCCC2)c1)C1CCN(Cc2nc(-c3ccccc3Cl)no2)CC1. The number of benzene rings is 2. The Morgan fingerprint density at radius 2 is 1.71 bits per heavy atom. The van der Waals surface area contributed by atoms with Crippen LogP contribution in [0.25, 0.3) is 11.4 Å². The molecule has 1 N–H and O–H groups in total. The Bertz CT molecular complexity index is 1140. The van der Waals surface area contributed by atoms with Gasteiger partial charge in [-0.05, 0) is 75.1 Å². The first-order chi connectivity index (χ1) is 17.1. The van der Waals surface area contributed by atoms with Crippen LogP contribution >= 0.6 is 11.6 Å². The van der Waals surface area contributed by atoms with Crippen molar-refractivity contribution in [1.82, 2.24) is 25.3 Å². The summed E-state index contributed by atoms with van der Waals surface area (Å²) in [6.07, 6.45) is 4.25. The van der Waals surface area contributed by atoms with Gasteiger partial charge < -0.3 is 9.84 Å². The highest BCUT2D eigenvalue weighted by molar-refractivity contribution is 6.33. The summed E-state index contributed by atoms with van der Waals surface area (Å²) in [5.41, 5.74) is 3.25. The van der Waals surface area contributed by atoms with Gasteiger partial charge in [0.05, 0.1) is 11.6 Å². The molecule has 2 aromatic carbocycles. The molecular formula is C27H32ClN5O2. The van der Waals surface area contributed by atoms with Gasteiger partial charge in [0.15, 0.2) is 0 Å². The van der Waals surface area contributed by atoms with E-state index >= 15 is 0 Å². The number of amides is 1. The van der Waals surface area contributed by atoms with Gasteiger partial charge in [0, 0.05) is 24.6 Å². The Morgan fingerprint density at radius 3 is 2.51 bits per heavy atom. The Morgan fingerprint density at radius 1 is 0.971 bits per heavy atom. The van der Waals surface area contributed by atoms with E-state index in [-0.39, 0.29) is 11.8 Å². The molecule has 35 heavy (non-hydrogen) atoms. The molecule has 0 unspecified atom stereocenters. The molecule has 7 nitrogen and oxygen atoms in total. The Hall–Kier alpha value is -2.74. The predicted octanol–water partition coefficient (Wildman–Crippen LogP) is 4.51. The van der Waals surface area contributed by atoms with E-state index in [4.69, 9.17) is 16.1 Å². The number of halogens is 1. The number of likely N-dealkylation sites (tertiary alicyclic amines) is 2. The summed E-state index contributed by atoms with van der Waals surface area (Å²) in [6, 6.07) is 16.1. The zero-order valence-electron chi connectivity index (χ0n) is 20.0. The van der Waals surface area contributed by atoms with E-state index in [1.54, 1.807) is 0 Å². The number of carbonyl (C=O) groups is 1. The quantitative estimate of drug-likeness (QED) is 0.497.